The monoisotopic (exact) mass is 224 g/mol. The Balaban J connectivity index is 4.52. The number of nitrogens with zero attached hydrogens (tertiary/aromatic N) is 1. The summed E-state index contributed by atoms with van der Waals surface area (Å²) in [6.45, 7) is 10.5. The first-order chi connectivity index (χ1) is 7.52. The van der Waals surface area contributed by atoms with Gasteiger partial charge in [0.1, 0.15) is 0 Å². The van der Waals surface area contributed by atoms with E-state index in [1.807, 2.05) is 13.8 Å². The normalized spacial score (nSPS) is 15.9. The van der Waals surface area contributed by atoms with Crippen molar-refractivity contribution < 1.29 is 0 Å². The van der Waals surface area contributed by atoms with E-state index in [9.17, 15) is 0 Å². The first-order valence-electron chi connectivity index (χ1n) is 6.62. The Hall–Kier alpha value is -0.660. The van der Waals surface area contributed by atoms with E-state index < -0.39 is 0 Å². The molecule has 94 valence electrons. The minimum absolute atomic E-state index is 0.417. The van der Waals surface area contributed by atoms with Crippen LogP contribution in [0.4, 0.5) is 0 Å². The van der Waals surface area contributed by atoms with E-state index >= 15 is 0 Å². The molecule has 0 saturated heterocycles. The summed E-state index contributed by atoms with van der Waals surface area (Å²) in [6.07, 6.45) is 6.10. The maximum atomic E-state index is 7.58. The number of hydrogen-bond donors (Lipinski definition) is 1. The van der Waals surface area contributed by atoms with Crippen molar-refractivity contribution in [2.24, 2.45) is 10.9 Å². The minimum atomic E-state index is 0.417. The summed E-state index contributed by atoms with van der Waals surface area (Å²) < 4.78 is 0. The lowest BCUT2D eigenvalue weighted by Gasteiger charge is -2.20. The van der Waals surface area contributed by atoms with Crippen molar-refractivity contribution in [1.82, 2.24) is 0 Å². The average Bonchev–Trinajstić information content (AvgIpc) is 2.23. The molecule has 0 fully saturated rings. The molecule has 0 aromatic heterocycles. The van der Waals surface area contributed by atoms with Gasteiger partial charge in [-0.2, -0.15) is 0 Å². The molecule has 0 rings (SSSR count). The first kappa shape index (κ1) is 15.3. The highest BCUT2D eigenvalue weighted by Gasteiger charge is 2.15. The van der Waals surface area contributed by atoms with Crippen LogP contribution in [0.5, 0.6) is 0 Å². The third-order valence-corrected chi connectivity index (χ3v) is 3.16. The van der Waals surface area contributed by atoms with Crippen molar-refractivity contribution in [3.05, 3.63) is 0 Å². The van der Waals surface area contributed by atoms with Gasteiger partial charge in [-0.1, -0.05) is 40.0 Å². The summed E-state index contributed by atoms with van der Waals surface area (Å²) in [6, 6.07) is 0.417. The number of rotatable bonds is 8. The van der Waals surface area contributed by atoms with E-state index in [4.69, 9.17) is 10.4 Å². The number of unbranched alkanes of at least 4 members (excludes halogenated alkanes) is 1. The molecular formula is C14H28N2. The fraction of sp³-hybridized carbons (Fsp3) is 0.857. The molecule has 0 saturated carbocycles. The Labute approximate surface area is 101 Å². The summed E-state index contributed by atoms with van der Waals surface area (Å²) >= 11 is 0. The fourth-order valence-corrected chi connectivity index (χ4v) is 1.88. The molecule has 2 heteroatoms. The Morgan fingerprint density at radius 3 is 2.19 bits per heavy atom. The molecule has 0 bridgehead atoms. The van der Waals surface area contributed by atoms with Crippen molar-refractivity contribution in [3.63, 3.8) is 0 Å². The van der Waals surface area contributed by atoms with E-state index in [0.717, 1.165) is 5.71 Å². The smallest absolute Gasteiger partial charge is 0.0529 e. The maximum Gasteiger partial charge on any atom is 0.0529 e. The van der Waals surface area contributed by atoms with Gasteiger partial charge in [0.05, 0.1) is 11.8 Å². The van der Waals surface area contributed by atoms with Crippen LogP contribution >= 0.6 is 0 Å². The van der Waals surface area contributed by atoms with Crippen LogP contribution in [-0.2, 0) is 0 Å². The van der Waals surface area contributed by atoms with Gasteiger partial charge in [0.25, 0.3) is 0 Å². The Morgan fingerprint density at radius 1 is 1.12 bits per heavy atom. The van der Waals surface area contributed by atoms with Gasteiger partial charge in [0, 0.05) is 5.71 Å². The maximum absolute atomic E-state index is 7.58. The molecule has 0 aliphatic rings. The van der Waals surface area contributed by atoms with Crippen LogP contribution in [0.2, 0.25) is 0 Å². The number of nitrogens with one attached hydrogen (secondary N) is 1. The van der Waals surface area contributed by atoms with E-state index in [0.29, 0.717) is 17.7 Å². The molecule has 0 heterocycles. The van der Waals surface area contributed by atoms with Crippen molar-refractivity contribution >= 4 is 11.4 Å². The summed E-state index contributed by atoms with van der Waals surface area (Å²) in [5.74, 6) is 0.644. The Morgan fingerprint density at radius 2 is 1.75 bits per heavy atom. The standard InChI is InChI=1S/C14H28N2/c1-6-8-10-14(11(3)9-7-2)16-13(5)12(4)15/h11,14-15H,6-10H2,1-5H3. The molecule has 0 aliphatic carbocycles. The minimum Gasteiger partial charge on any atom is -0.304 e. The van der Waals surface area contributed by atoms with E-state index in [2.05, 4.69) is 20.8 Å². The van der Waals surface area contributed by atoms with Gasteiger partial charge in [0.2, 0.25) is 0 Å². The summed E-state index contributed by atoms with van der Waals surface area (Å²) in [4.78, 5) is 4.72. The van der Waals surface area contributed by atoms with Gasteiger partial charge in [0.15, 0.2) is 0 Å². The Bertz CT molecular complexity index is 231. The van der Waals surface area contributed by atoms with Crippen molar-refractivity contribution in [3.8, 4) is 0 Å². The molecule has 0 aliphatic heterocycles. The molecule has 2 atom stereocenters. The third-order valence-electron chi connectivity index (χ3n) is 3.16. The molecule has 0 aromatic carbocycles. The SMILES string of the molecule is CCCCC(N=C(C)C(C)=N)C(C)CCC. The molecule has 1 N–H and O–H groups in total. The van der Waals surface area contributed by atoms with E-state index in [1.54, 1.807) is 0 Å². The topological polar surface area (TPSA) is 36.2 Å². The zero-order chi connectivity index (χ0) is 12.6. The average molecular weight is 224 g/mol. The summed E-state index contributed by atoms with van der Waals surface area (Å²) in [5.41, 5.74) is 1.51. The second-order valence-electron chi connectivity index (χ2n) is 4.82. The predicted molar refractivity (Wildman–Crippen MR) is 73.9 cm³/mol. The van der Waals surface area contributed by atoms with Crippen LogP contribution in [0.25, 0.3) is 0 Å². The lowest BCUT2D eigenvalue weighted by Crippen LogP contribution is -2.19. The third kappa shape index (κ3) is 6.04. The fourth-order valence-electron chi connectivity index (χ4n) is 1.88. The van der Waals surface area contributed by atoms with Crippen LogP contribution in [0.1, 0.15) is 66.7 Å². The summed E-state index contributed by atoms with van der Waals surface area (Å²) in [5, 5.41) is 7.58. The number of hydrogen-bond acceptors (Lipinski definition) is 2. The highest BCUT2D eigenvalue weighted by molar-refractivity contribution is 6.39. The van der Waals surface area contributed by atoms with Crippen molar-refractivity contribution in [2.45, 2.75) is 72.8 Å². The largest absolute Gasteiger partial charge is 0.304 e. The molecule has 0 radical (unpaired) electrons. The molecule has 0 spiro atoms. The lowest BCUT2D eigenvalue weighted by atomic mass is 9.93. The Kier molecular flexibility index (Phi) is 8.14. The highest BCUT2D eigenvalue weighted by Crippen LogP contribution is 2.19. The molecule has 2 unspecified atom stereocenters. The van der Waals surface area contributed by atoms with Crippen LogP contribution < -0.4 is 0 Å². The van der Waals surface area contributed by atoms with Gasteiger partial charge in [-0.15, -0.1) is 0 Å². The first-order valence-corrected chi connectivity index (χ1v) is 6.62. The highest BCUT2D eigenvalue weighted by atomic mass is 14.8. The van der Waals surface area contributed by atoms with Gasteiger partial charge in [-0.25, -0.2) is 0 Å². The van der Waals surface area contributed by atoms with Gasteiger partial charge in [-0.05, 0) is 32.6 Å². The van der Waals surface area contributed by atoms with Crippen LogP contribution in [0, 0.1) is 11.3 Å². The molecule has 0 aromatic rings. The molecule has 16 heavy (non-hydrogen) atoms. The van der Waals surface area contributed by atoms with Gasteiger partial charge >= 0.3 is 0 Å². The van der Waals surface area contributed by atoms with Crippen molar-refractivity contribution in [2.75, 3.05) is 0 Å². The van der Waals surface area contributed by atoms with Crippen LogP contribution in [-0.4, -0.2) is 17.5 Å². The zero-order valence-electron chi connectivity index (χ0n) is 11.6. The molecular weight excluding hydrogens is 196 g/mol. The quantitative estimate of drug-likeness (QED) is 0.590. The van der Waals surface area contributed by atoms with Crippen LogP contribution in [0.15, 0.2) is 4.99 Å². The van der Waals surface area contributed by atoms with Crippen molar-refractivity contribution in [1.29, 1.82) is 5.41 Å². The molecule has 0 amide bonds. The second kappa shape index (κ2) is 8.49. The van der Waals surface area contributed by atoms with Crippen LogP contribution in [0.3, 0.4) is 0 Å². The zero-order valence-corrected chi connectivity index (χ0v) is 11.6. The second-order valence-corrected chi connectivity index (χ2v) is 4.82. The number of aliphatic imine (C=N–C) groups is 1. The molecule has 2 nitrogen and oxygen atoms in total. The van der Waals surface area contributed by atoms with Gasteiger partial charge < -0.3 is 5.41 Å². The van der Waals surface area contributed by atoms with E-state index in [1.165, 1.54) is 32.1 Å². The predicted octanol–water partition coefficient (Wildman–Crippen LogP) is 4.48. The summed E-state index contributed by atoms with van der Waals surface area (Å²) in [7, 11) is 0. The van der Waals surface area contributed by atoms with Gasteiger partial charge in [-0.3, -0.25) is 4.99 Å². The van der Waals surface area contributed by atoms with E-state index in [-0.39, 0.29) is 0 Å². The lowest BCUT2D eigenvalue weighted by molar-refractivity contribution is 0.396.